The van der Waals surface area contributed by atoms with Crippen molar-refractivity contribution in [3.63, 3.8) is 0 Å². The van der Waals surface area contributed by atoms with Crippen LogP contribution in [-0.4, -0.2) is 44.2 Å². The molecular weight excluding hydrogens is 148 g/mol. The molecule has 74 valence electrons. The van der Waals surface area contributed by atoms with Crippen LogP contribution in [0.2, 0.25) is 0 Å². The van der Waals surface area contributed by atoms with Gasteiger partial charge in [-0.15, -0.1) is 0 Å². The molecule has 0 aliphatic heterocycles. The van der Waals surface area contributed by atoms with E-state index in [1.807, 2.05) is 0 Å². The summed E-state index contributed by atoms with van der Waals surface area (Å²) in [5, 5.41) is 0. The highest BCUT2D eigenvalue weighted by molar-refractivity contribution is 4.66. The Hall–Kier alpha value is -0.0800. The van der Waals surface area contributed by atoms with Crippen molar-refractivity contribution in [2.45, 2.75) is 32.9 Å². The Balaban J connectivity index is 3.95. The smallest absolute Gasteiger partial charge is 0.0614 e. The largest absolute Gasteiger partial charge is 0.294 e. The third kappa shape index (κ3) is 4.07. The average molecular weight is 172 g/mol. The van der Waals surface area contributed by atoms with Gasteiger partial charge in [0.05, 0.1) is 6.17 Å². The van der Waals surface area contributed by atoms with E-state index < -0.39 is 0 Å². The van der Waals surface area contributed by atoms with Crippen molar-refractivity contribution in [1.29, 1.82) is 0 Å². The summed E-state index contributed by atoms with van der Waals surface area (Å²) < 4.78 is 0. The molecule has 0 amide bonds. The third-order valence-electron chi connectivity index (χ3n) is 2.50. The van der Waals surface area contributed by atoms with E-state index in [4.69, 9.17) is 0 Å². The Bertz CT molecular complexity index is 102. The fourth-order valence-electron chi connectivity index (χ4n) is 1.41. The van der Waals surface area contributed by atoms with Gasteiger partial charge < -0.3 is 0 Å². The Labute approximate surface area is 77.5 Å². The van der Waals surface area contributed by atoms with Crippen molar-refractivity contribution in [3.05, 3.63) is 0 Å². The van der Waals surface area contributed by atoms with Gasteiger partial charge in [-0.05, 0) is 40.5 Å². The number of hydrogen-bond donors (Lipinski definition) is 0. The van der Waals surface area contributed by atoms with Crippen LogP contribution in [0.25, 0.3) is 0 Å². The molecule has 0 N–H and O–H groups in total. The molecule has 0 saturated carbocycles. The van der Waals surface area contributed by atoms with Crippen LogP contribution in [0.1, 0.15) is 26.7 Å². The average Bonchev–Trinajstić information content (AvgIpc) is 1.98. The van der Waals surface area contributed by atoms with E-state index in [1.165, 1.54) is 12.8 Å². The van der Waals surface area contributed by atoms with Gasteiger partial charge in [0.15, 0.2) is 0 Å². The Morgan fingerprint density at radius 1 is 1.00 bits per heavy atom. The molecule has 0 heterocycles. The summed E-state index contributed by atoms with van der Waals surface area (Å²) in [4.78, 5) is 4.57. The Morgan fingerprint density at radius 3 is 1.67 bits per heavy atom. The minimum atomic E-state index is 0.583. The highest BCUT2D eigenvalue weighted by atomic mass is 15.3. The molecule has 1 unspecified atom stereocenters. The van der Waals surface area contributed by atoms with Crippen molar-refractivity contribution in [3.8, 4) is 0 Å². The zero-order valence-corrected chi connectivity index (χ0v) is 9.46. The lowest BCUT2D eigenvalue weighted by Gasteiger charge is -2.32. The molecule has 1 atom stereocenters. The molecule has 0 spiro atoms. The minimum absolute atomic E-state index is 0.583. The highest BCUT2D eigenvalue weighted by Gasteiger charge is 2.15. The van der Waals surface area contributed by atoms with E-state index in [-0.39, 0.29) is 0 Å². The number of hydrogen-bond acceptors (Lipinski definition) is 2. The maximum Gasteiger partial charge on any atom is 0.0614 e. The first-order chi connectivity index (χ1) is 5.49. The van der Waals surface area contributed by atoms with Crippen LogP contribution >= 0.6 is 0 Å². The summed E-state index contributed by atoms with van der Waals surface area (Å²) in [6.45, 7) is 4.58. The van der Waals surface area contributed by atoms with Gasteiger partial charge in [0.25, 0.3) is 0 Å². The van der Waals surface area contributed by atoms with Gasteiger partial charge in [0, 0.05) is 0 Å². The molecule has 0 aromatic carbocycles. The van der Waals surface area contributed by atoms with Crippen LogP contribution in [0.4, 0.5) is 0 Å². The van der Waals surface area contributed by atoms with E-state index in [2.05, 4.69) is 51.8 Å². The van der Waals surface area contributed by atoms with Crippen molar-refractivity contribution >= 4 is 0 Å². The highest BCUT2D eigenvalue weighted by Crippen LogP contribution is 2.13. The summed E-state index contributed by atoms with van der Waals surface area (Å²) in [5.41, 5.74) is 0. The van der Waals surface area contributed by atoms with Gasteiger partial charge >= 0.3 is 0 Å². The molecule has 0 bridgehead atoms. The molecule has 0 aromatic heterocycles. The molecule has 2 nitrogen and oxygen atoms in total. The Morgan fingerprint density at radius 2 is 1.42 bits per heavy atom. The first-order valence-electron chi connectivity index (χ1n) is 4.81. The van der Waals surface area contributed by atoms with E-state index in [1.54, 1.807) is 0 Å². The first-order valence-corrected chi connectivity index (χ1v) is 4.81. The van der Waals surface area contributed by atoms with Crippen LogP contribution in [0.5, 0.6) is 0 Å². The predicted molar refractivity (Wildman–Crippen MR) is 55.2 cm³/mol. The molecule has 0 aromatic rings. The summed E-state index contributed by atoms with van der Waals surface area (Å²) in [5.74, 6) is 0.819. The minimum Gasteiger partial charge on any atom is -0.294 e. The van der Waals surface area contributed by atoms with Gasteiger partial charge in [-0.25, -0.2) is 0 Å². The zero-order valence-electron chi connectivity index (χ0n) is 9.46. The molecule has 0 aliphatic rings. The van der Waals surface area contributed by atoms with E-state index >= 15 is 0 Å². The predicted octanol–water partition coefficient (Wildman–Crippen LogP) is 1.87. The third-order valence-corrected chi connectivity index (χ3v) is 2.50. The molecule has 0 aliphatic carbocycles. The lowest BCUT2D eigenvalue weighted by atomic mass is 10.0. The molecule has 0 radical (unpaired) electrons. The second kappa shape index (κ2) is 5.55. The SMILES string of the molecule is CCC(C)CC(N(C)C)N(C)C. The van der Waals surface area contributed by atoms with E-state index in [0.717, 1.165) is 5.92 Å². The number of rotatable bonds is 5. The lowest BCUT2D eigenvalue weighted by Crippen LogP contribution is -2.41. The molecule has 0 fully saturated rings. The van der Waals surface area contributed by atoms with E-state index in [0.29, 0.717) is 6.17 Å². The molecular formula is C10H24N2. The maximum atomic E-state index is 2.32. The van der Waals surface area contributed by atoms with Gasteiger partial charge in [0.1, 0.15) is 0 Å². The second-order valence-corrected chi connectivity index (χ2v) is 4.16. The fraction of sp³-hybridized carbons (Fsp3) is 1.00. The zero-order chi connectivity index (χ0) is 9.72. The number of nitrogens with zero attached hydrogens (tertiary/aromatic N) is 2. The molecule has 0 saturated heterocycles. The summed E-state index contributed by atoms with van der Waals surface area (Å²) >= 11 is 0. The van der Waals surface area contributed by atoms with Gasteiger partial charge in [-0.3, -0.25) is 9.80 Å². The maximum absolute atomic E-state index is 2.32. The second-order valence-electron chi connectivity index (χ2n) is 4.16. The van der Waals surface area contributed by atoms with Crippen molar-refractivity contribution in [2.24, 2.45) is 5.92 Å². The first kappa shape index (κ1) is 11.9. The van der Waals surface area contributed by atoms with Crippen LogP contribution in [-0.2, 0) is 0 Å². The van der Waals surface area contributed by atoms with Crippen molar-refractivity contribution < 1.29 is 0 Å². The topological polar surface area (TPSA) is 6.48 Å². The summed E-state index contributed by atoms with van der Waals surface area (Å²) in [6.07, 6.45) is 3.12. The van der Waals surface area contributed by atoms with Gasteiger partial charge in [-0.2, -0.15) is 0 Å². The fourth-order valence-corrected chi connectivity index (χ4v) is 1.41. The van der Waals surface area contributed by atoms with Gasteiger partial charge in [0.2, 0.25) is 0 Å². The normalized spacial score (nSPS) is 14.8. The molecule has 12 heavy (non-hydrogen) atoms. The standard InChI is InChI=1S/C10H24N2/c1-7-9(2)8-10(11(3)4)12(5)6/h9-10H,7-8H2,1-6H3. The van der Waals surface area contributed by atoms with Crippen molar-refractivity contribution in [2.75, 3.05) is 28.2 Å². The quantitative estimate of drug-likeness (QED) is 0.584. The monoisotopic (exact) mass is 172 g/mol. The Kier molecular flexibility index (Phi) is 5.51. The van der Waals surface area contributed by atoms with Crippen LogP contribution in [0.15, 0.2) is 0 Å². The molecule has 2 heteroatoms. The lowest BCUT2D eigenvalue weighted by molar-refractivity contribution is 0.104. The summed E-state index contributed by atoms with van der Waals surface area (Å²) in [7, 11) is 8.58. The summed E-state index contributed by atoms with van der Waals surface area (Å²) in [6, 6.07) is 0. The van der Waals surface area contributed by atoms with Gasteiger partial charge in [-0.1, -0.05) is 20.3 Å². The molecule has 0 rings (SSSR count). The van der Waals surface area contributed by atoms with Crippen LogP contribution in [0, 0.1) is 5.92 Å². The van der Waals surface area contributed by atoms with E-state index in [9.17, 15) is 0 Å². The van der Waals surface area contributed by atoms with Crippen molar-refractivity contribution in [1.82, 2.24) is 9.80 Å². The van der Waals surface area contributed by atoms with Crippen LogP contribution in [0.3, 0.4) is 0 Å². The van der Waals surface area contributed by atoms with Crippen LogP contribution < -0.4 is 0 Å².